The van der Waals surface area contributed by atoms with Crippen LogP contribution in [0.3, 0.4) is 0 Å². The summed E-state index contributed by atoms with van der Waals surface area (Å²) >= 11 is 0. The molecule has 15 heavy (non-hydrogen) atoms. The molecule has 1 aliphatic rings. The molecule has 84 valence electrons. The SMILES string of the molecule is NC(=O)CCC(C(=O)O)N1CCCC1=O. The average molecular weight is 214 g/mol. The average Bonchev–Trinajstić information content (AvgIpc) is 2.51. The minimum absolute atomic E-state index is 0.0131. The van der Waals surface area contributed by atoms with E-state index in [0.29, 0.717) is 19.4 Å². The number of hydrogen-bond donors (Lipinski definition) is 2. The Bertz CT molecular complexity index is 290. The third-order valence-corrected chi connectivity index (χ3v) is 2.44. The van der Waals surface area contributed by atoms with Crippen LogP contribution in [0.1, 0.15) is 25.7 Å². The van der Waals surface area contributed by atoms with Crippen LogP contribution in [0.2, 0.25) is 0 Å². The van der Waals surface area contributed by atoms with E-state index in [1.54, 1.807) is 0 Å². The normalized spacial score (nSPS) is 17.9. The summed E-state index contributed by atoms with van der Waals surface area (Å²) in [6, 6.07) is -0.910. The lowest BCUT2D eigenvalue weighted by Gasteiger charge is -2.23. The van der Waals surface area contributed by atoms with Gasteiger partial charge in [0.25, 0.3) is 0 Å². The topological polar surface area (TPSA) is 101 Å². The summed E-state index contributed by atoms with van der Waals surface area (Å²) in [5.41, 5.74) is 4.94. The maximum Gasteiger partial charge on any atom is 0.326 e. The highest BCUT2D eigenvalue weighted by Gasteiger charge is 2.32. The van der Waals surface area contributed by atoms with Crippen molar-refractivity contribution in [3.63, 3.8) is 0 Å². The maximum absolute atomic E-state index is 11.3. The van der Waals surface area contributed by atoms with Gasteiger partial charge in [-0.1, -0.05) is 0 Å². The minimum Gasteiger partial charge on any atom is -0.480 e. The van der Waals surface area contributed by atoms with Gasteiger partial charge in [0.15, 0.2) is 0 Å². The van der Waals surface area contributed by atoms with Crippen LogP contribution in [-0.2, 0) is 14.4 Å². The number of nitrogens with zero attached hydrogens (tertiary/aromatic N) is 1. The van der Waals surface area contributed by atoms with Crippen molar-refractivity contribution in [1.82, 2.24) is 4.90 Å². The third kappa shape index (κ3) is 2.93. The fourth-order valence-electron chi connectivity index (χ4n) is 1.69. The molecule has 1 heterocycles. The summed E-state index contributed by atoms with van der Waals surface area (Å²) in [5, 5.41) is 8.92. The molecule has 0 radical (unpaired) electrons. The molecule has 0 spiro atoms. The van der Waals surface area contributed by atoms with E-state index >= 15 is 0 Å². The van der Waals surface area contributed by atoms with Crippen molar-refractivity contribution in [3.8, 4) is 0 Å². The standard InChI is InChI=1S/C9H14N2O4/c10-7(12)4-3-6(9(14)15)11-5-1-2-8(11)13/h6H,1-5H2,(H2,10,12)(H,14,15). The van der Waals surface area contributed by atoms with Crippen LogP contribution < -0.4 is 5.73 Å². The number of aliphatic carboxylic acids is 1. The van der Waals surface area contributed by atoms with Gasteiger partial charge in [0.2, 0.25) is 11.8 Å². The molecule has 1 fully saturated rings. The Hall–Kier alpha value is -1.59. The molecule has 1 unspecified atom stereocenters. The smallest absolute Gasteiger partial charge is 0.326 e. The highest BCUT2D eigenvalue weighted by molar-refractivity contribution is 5.85. The zero-order valence-electron chi connectivity index (χ0n) is 8.31. The monoisotopic (exact) mass is 214 g/mol. The molecule has 1 rings (SSSR count). The van der Waals surface area contributed by atoms with Crippen molar-refractivity contribution in [2.24, 2.45) is 5.73 Å². The molecular formula is C9H14N2O4. The zero-order valence-corrected chi connectivity index (χ0v) is 8.31. The van der Waals surface area contributed by atoms with E-state index in [1.807, 2.05) is 0 Å². The first kappa shape index (κ1) is 11.5. The molecule has 0 aromatic rings. The van der Waals surface area contributed by atoms with Gasteiger partial charge in [-0.25, -0.2) is 4.79 Å². The lowest BCUT2D eigenvalue weighted by Crippen LogP contribution is -2.42. The van der Waals surface area contributed by atoms with Gasteiger partial charge in [0.1, 0.15) is 6.04 Å². The van der Waals surface area contributed by atoms with Gasteiger partial charge in [-0.2, -0.15) is 0 Å². The van der Waals surface area contributed by atoms with E-state index in [4.69, 9.17) is 10.8 Å². The fourth-order valence-corrected chi connectivity index (χ4v) is 1.69. The second kappa shape index (κ2) is 4.77. The number of primary amides is 1. The van der Waals surface area contributed by atoms with E-state index in [9.17, 15) is 14.4 Å². The summed E-state index contributed by atoms with van der Waals surface area (Å²) in [6.07, 6.45) is 1.15. The molecule has 2 amide bonds. The third-order valence-electron chi connectivity index (χ3n) is 2.44. The lowest BCUT2D eigenvalue weighted by molar-refractivity contribution is -0.148. The van der Waals surface area contributed by atoms with Gasteiger partial charge < -0.3 is 15.7 Å². The number of carboxylic acids is 1. The quantitative estimate of drug-likeness (QED) is 0.633. The number of rotatable bonds is 5. The van der Waals surface area contributed by atoms with Crippen LogP contribution in [0, 0.1) is 0 Å². The first-order chi connectivity index (χ1) is 7.02. The summed E-state index contributed by atoms with van der Waals surface area (Å²) in [5.74, 6) is -1.79. The molecule has 3 N–H and O–H groups in total. The number of likely N-dealkylation sites (tertiary alicyclic amines) is 1. The van der Waals surface area contributed by atoms with Gasteiger partial charge in [-0.15, -0.1) is 0 Å². The van der Waals surface area contributed by atoms with Crippen molar-refractivity contribution in [1.29, 1.82) is 0 Å². The zero-order chi connectivity index (χ0) is 11.4. The molecular weight excluding hydrogens is 200 g/mol. The van der Waals surface area contributed by atoms with Gasteiger partial charge in [-0.3, -0.25) is 9.59 Å². The molecule has 1 saturated heterocycles. The predicted octanol–water partition coefficient (Wildman–Crippen LogP) is -0.673. The van der Waals surface area contributed by atoms with Crippen LogP contribution in [0.25, 0.3) is 0 Å². The van der Waals surface area contributed by atoms with Crippen LogP contribution in [-0.4, -0.2) is 40.4 Å². The largest absolute Gasteiger partial charge is 0.480 e. The molecule has 1 aliphatic heterocycles. The maximum atomic E-state index is 11.3. The number of hydrogen-bond acceptors (Lipinski definition) is 3. The first-order valence-electron chi connectivity index (χ1n) is 4.83. The van der Waals surface area contributed by atoms with E-state index in [0.717, 1.165) is 0 Å². The van der Waals surface area contributed by atoms with Gasteiger partial charge in [0, 0.05) is 19.4 Å². The van der Waals surface area contributed by atoms with Gasteiger partial charge in [0.05, 0.1) is 0 Å². The summed E-state index contributed by atoms with van der Waals surface area (Å²) in [4.78, 5) is 34.1. The number of nitrogens with two attached hydrogens (primary N) is 1. The number of carbonyl (C=O) groups is 3. The lowest BCUT2D eigenvalue weighted by atomic mass is 10.1. The van der Waals surface area contributed by atoms with Crippen molar-refractivity contribution in [3.05, 3.63) is 0 Å². The van der Waals surface area contributed by atoms with E-state index in [1.165, 1.54) is 4.90 Å². The molecule has 0 aliphatic carbocycles. The Morgan fingerprint density at radius 1 is 1.53 bits per heavy atom. The van der Waals surface area contributed by atoms with Crippen LogP contribution in [0.5, 0.6) is 0 Å². The molecule has 0 aromatic heterocycles. The molecule has 0 bridgehead atoms. The fraction of sp³-hybridized carbons (Fsp3) is 0.667. The first-order valence-corrected chi connectivity index (χ1v) is 4.83. The Morgan fingerprint density at radius 3 is 2.60 bits per heavy atom. The van der Waals surface area contributed by atoms with Crippen molar-refractivity contribution in [2.75, 3.05) is 6.54 Å². The highest BCUT2D eigenvalue weighted by Crippen LogP contribution is 2.17. The summed E-state index contributed by atoms with van der Waals surface area (Å²) < 4.78 is 0. The van der Waals surface area contributed by atoms with Crippen LogP contribution in [0.15, 0.2) is 0 Å². The van der Waals surface area contributed by atoms with Crippen molar-refractivity contribution in [2.45, 2.75) is 31.7 Å². The van der Waals surface area contributed by atoms with Crippen LogP contribution >= 0.6 is 0 Å². The molecule has 6 heteroatoms. The molecule has 1 atom stereocenters. The second-order valence-corrected chi connectivity index (χ2v) is 3.55. The number of amides is 2. The number of carboxylic acid groups (broad SMARTS) is 1. The van der Waals surface area contributed by atoms with E-state index in [-0.39, 0.29) is 18.7 Å². The Kier molecular flexibility index (Phi) is 3.65. The predicted molar refractivity (Wildman–Crippen MR) is 50.8 cm³/mol. The van der Waals surface area contributed by atoms with Crippen molar-refractivity contribution < 1.29 is 19.5 Å². The van der Waals surface area contributed by atoms with Gasteiger partial charge in [-0.05, 0) is 12.8 Å². The van der Waals surface area contributed by atoms with Gasteiger partial charge >= 0.3 is 5.97 Å². The van der Waals surface area contributed by atoms with E-state index < -0.39 is 17.9 Å². The highest BCUT2D eigenvalue weighted by atomic mass is 16.4. The van der Waals surface area contributed by atoms with Crippen molar-refractivity contribution >= 4 is 17.8 Å². The Balaban J connectivity index is 2.61. The second-order valence-electron chi connectivity index (χ2n) is 3.55. The molecule has 0 aromatic carbocycles. The van der Waals surface area contributed by atoms with E-state index in [2.05, 4.69) is 0 Å². The molecule has 6 nitrogen and oxygen atoms in total. The summed E-state index contributed by atoms with van der Waals surface area (Å²) in [6.45, 7) is 0.453. The Labute approximate surface area is 87.0 Å². The Morgan fingerprint density at radius 2 is 2.20 bits per heavy atom. The number of carbonyl (C=O) groups excluding carboxylic acids is 2. The minimum atomic E-state index is -1.08. The summed E-state index contributed by atoms with van der Waals surface area (Å²) in [7, 11) is 0. The molecule has 0 saturated carbocycles. The van der Waals surface area contributed by atoms with Crippen LogP contribution in [0.4, 0.5) is 0 Å².